The number of rotatable bonds is 2. The number of allylic oxidation sites excluding steroid dienone is 2. The summed E-state index contributed by atoms with van der Waals surface area (Å²) in [5, 5.41) is 2.43. The van der Waals surface area contributed by atoms with E-state index in [-0.39, 0.29) is 6.09 Å². The van der Waals surface area contributed by atoms with Crippen LogP contribution in [0, 0.1) is 5.92 Å². The van der Waals surface area contributed by atoms with Gasteiger partial charge in [0, 0.05) is 7.05 Å². The van der Waals surface area contributed by atoms with Crippen LogP contribution in [0.1, 0.15) is 19.3 Å². The molecule has 12 heavy (non-hydrogen) atoms. The first-order valence-electron chi connectivity index (χ1n) is 4.32. The highest BCUT2D eigenvalue weighted by atomic mass is 16.5. The summed E-state index contributed by atoms with van der Waals surface area (Å²) in [6.07, 6.45) is 7.29. The van der Waals surface area contributed by atoms with Crippen LogP contribution in [-0.2, 0) is 4.74 Å². The normalized spacial score (nSPS) is 21.9. The van der Waals surface area contributed by atoms with Crippen molar-refractivity contribution in [2.24, 2.45) is 5.92 Å². The molecule has 0 spiro atoms. The zero-order chi connectivity index (χ0) is 8.81. The first kappa shape index (κ1) is 9.10. The predicted molar refractivity (Wildman–Crippen MR) is 46.9 cm³/mol. The van der Waals surface area contributed by atoms with Crippen molar-refractivity contribution in [2.75, 3.05) is 13.7 Å². The number of hydrogen-bond acceptors (Lipinski definition) is 2. The fourth-order valence-corrected chi connectivity index (χ4v) is 1.27. The van der Waals surface area contributed by atoms with Crippen LogP contribution in [0.25, 0.3) is 0 Å². The van der Waals surface area contributed by atoms with Crippen LogP contribution < -0.4 is 5.32 Å². The maximum atomic E-state index is 10.7. The first-order valence-corrected chi connectivity index (χ1v) is 4.32. The van der Waals surface area contributed by atoms with Gasteiger partial charge in [0.05, 0.1) is 6.61 Å². The van der Waals surface area contributed by atoms with Gasteiger partial charge in [0.15, 0.2) is 0 Å². The van der Waals surface area contributed by atoms with E-state index in [9.17, 15) is 4.79 Å². The molecule has 0 aromatic rings. The molecule has 1 aliphatic carbocycles. The van der Waals surface area contributed by atoms with E-state index in [1.165, 1.54) is 0 Å². The average Bonchev–Trinajstić information content (AvgIpc) is 2.16. The maximum Gasteiger partial charge on any atom is 0.406 e. The first-order chi connectivity index (χ1) is 5.83. The largest absolute Gasteiger partial charge is 0.449 e. The minimum Gasteiger partial charge on any atom is -0.449 e. The molecular formula is C9H15NO2. The zero-order valence-electron chi connectivity index (χ0n) is 7.38. The van der Waals surface area contributed by atoms with E-state index in [0.29, 0.717) is 12.5 Å². The van der Waals surface area contributed by atoms with Crippen LogP contribution in [0.4, 0.5) is 4.79 Å². The van der Waals surface area contributed by atoms with E-state index >= 15 is 0 Å². The quantitative estimate of drug-likeness (QED) is 0.639. The molecule has 0 aliphatic heterocycles. The Kier molecular flexibility index (Phi) is 3.64. The average molecular weight is 169 g/mol. The van der Waals surface area contributed by atoms with Crippen LogP contribution in [0.3, 0.4) is 0 Å². The second kappa shape index (κ2) is 4.80. The van der Waals surface area contributed by atoms with Crippen molar-refractivity contribution in [3.8, 4) is 0 Å². The highest BCUT2D eigenvalue weighted by molar-refractivity contribution is 5.66. The van der Waals surface area contributed by atoms with Gasteiger partial charge in [-0.3, -0.25) is 0 Å². The Morgan fingerprint density at radius 2 is 2.50 bits per heavy atom. The van der Waals surface area contributed by atoms with Crippen molar-refractivity contribution < 1.29 is 9.53 Å². The van der Waals surface area contributed by atoms with Gasteiger partial charge in [-0.1, -0.05) is 12.2 Å². The van der Waals surface area contributed by atoms with Gasteiger partial charge in [0.2, 0.25) is 0 Å². The van der Waals surface area contributed by atoms with Gasteiger partial charge >= 0.3 is 6.09 Å². The highest BCUT2D eigenvalue weighted by Crippen LogP contribution is 2.17. The fourth-order valence-electron chi connectivity index (χ4n) is 1.27. The third kappa shape index (κ3) is 2.95. The van der Waals surface area contributed by atoms with Crippen molar-refractivity contribution >= 4 is 6.09 Å². The van der Waals surface area contributed by atoms with Crippen molar-refractivity contribution in [1.82, 2.24) is 5.32 Å². The van der Waals surface area contributed by atoms with E-state index in [2.05, 4.69) is 17.5 Å². The topological polar surface area (TPSA) is 38.3 Å². The van der Waals surface area contributed by atoms with E-state index in [1.54, 1.807) is 7.05 Å². The van der Waals surface area contributed by atoms with Crippen LogP contribution >= 0.6 is 0 Å². The molecule has 0 unspecified atom stereocenters. The minimum absolute atomic E-state index is 0.329. The molecule has 68 valence electrons. The lowest BCUT2D eigenvalue weighted by atomic mass is 9.95. The summed E-state index contributed by atoms with van der Waals surface area (Å²) in [4.78, 5) is 10.7. The number of hydrogen-bond donors (Lipinski definition) is 1. The predicted octanol–water partition coefficient (Wildman–Crippen LogP) is 1.70. The van der Waals surface area contributed by atoms with Gasteiger partial charge in [-0.25, -0.2) is 4.79 Å². The van der Waals surface area contributed by atoms with Crippen LogP contribution in [0.2, 0.25) is 0 Å². The Hall–Kier alpha value is -0.990. The lowest BCUT2D eigenvalue weighted by Gasteiger charge is -2.16. The molecule has 0 aromatic heterocycles. The summed E-state index contributed by atoms with van der Waals surface area (Å²) in [6, 6.07) is 0. The summed E-state index contributed by atoms with van der Waals surface area (Å²) in [5.74, 6) is 0.521. The molecule has 0 fully saturated rings. The molecule has 1 aliphatic rings. The molecule has 0 aromatic carbocycles. The van der Waals surface area contributed by atoms with Crippen molar-refractivity contribution in [3.05, 3.63) is 12.2 Å². The summed E-state index contributed by atoms with van der Waals surface area (Å²) in [7, 11) is 1.57. The monoisotopic (exact) mass is 169 g/mol. The number of ether oxygens (including phenoxy) is 1. The molecule has 0 saturated heterocycles. The molecule has 0 heterocycles. The van der Waals surface area contributed by atoms with Crippen LogP contribution in [0.15, 0.2) is 12.2 Å². The molecule has 0 radical (unpaired) electrons. The summed E-state index contributed by atoms with van der Waals surface area (Å²) >= 11 is 0. The standard InChI is InChI=1S/C9H15NO2/c1-10-9(11)12-7-8-5-3-2-4-6-8/h2-3,8H,4-7H2,1H3,(H,10,11)/t8-/m0/s1. The van der Waals surface area contributed by atoms with E-state index in [4.69, 9.17) is 4.74 Å². The second-order valence-corrected chi connectivity index (χ2v) is 3.00. The van der Waals surface area contributed by atoms with Gasteiger partial charge in [-0.2, -0.15) is 0 Å². The SMILES string of the molecule is CNC(=O)OC[C@H]1CC=CCC1. The van der Waals surface area contributed by atoms with Gasteiger partial charge in [-0.15, -0.1) is 0 Å². The number of nitrogens with one attached hydrogen (secondary N) is 1. The minimum atomic E-state index is -0.329. The number of carbonyl (C=O) groups is 1. The Morgan fingerprint density at radius 3 is 3.08 bits per heavy atom. The molecule has 0 saturated carbocycles. The molecule has 3 nitrogen and oxygen atoms in total. The van der Waals surface area contributed by atoms with Crippen molar-refractivity contribution in [3.63, 3.8) is 0 Å². The summed E-state index contributed by atoms with van der Waals surface area (Å²) in [5.41, 5.74) is 0. The van der Waals surface area contributed by atoms with Crippen molar-refractivity contribution in [2.45, 2.75) is 19.3 Å². The molecule has 0 bridgehead atoms. The molecule has 1 amide bonds. The smallest absolute Gasteiger partial charge is 0.406 e. The second-order valence-electron chi connectivity index (χ2n) is 3.00. The van der Waals surface area contributed by atoms with Gasteiger partial charge in [-0.05, 0) is 25.2 Å². The van der Waals surface area contributed by atoms with Gasteiger partial charge in [0.1, 0.15) is 0 Å². The van der Waals surface area contributed by atoms with Crippen LogP contribution in [0.5, 0.6) is 0 Å². The third-order valence-corrected chi connectivity index (χ3v) is 2.03. The zero-order valence-corrected chi connectivity index (χ0v) is 7.38. The van der Waals surface area contributed by atoms with Crippen molar-refractivity contribution in [1.29, 1.82) is 0 Å². The molecule has 3 heteroatoms. The third-order valence-electron chi connectivity index (χ3n) is 2.03. The Labute approximate surface area is 72.8 Å². The van der Waals surface area contributed by atoms with E-state index in [1.807, 2.05) is 0 Å². The Balaban J connectivity index is 2.14. The molecule has 1 rings (SSSR count). The molecule has 1 atom stereocenters. The van der Waals surface area contributed by atoms with Gasteiger partial charge < -0.3 is 10.1 Å². The maximum absolute atomic E-state index is 10.7. The molecular weight excluding hydrogens is 154 g/mol. The fraction of sp³-hybridized carbons (Fsp3) is 0.667. The Bertz CT molecular complexity index is 177. The van der Waals surface area contributed by atoms with Crippen LogP contribution in [-0.4, -0.2) is 19.7 Å². The summed E-state index contributed by atoms with van der Waals surface area (Å²) < 4.78 is 4.95. The van der Waals surface area contributed by atoms with E-state index in [0.717, 1.165) is 19.3 Å². The number of alkyl carbamates (subject to hydrolysis) is 1. The number of amides is 1. The van der Waals surface area contributed by atoms with Gasteiger partial charge in [0.25, 0.3) is 0 Å². The highest BCUT2D eigenvalue weighted by Gasteiger charge is 2.11. The summed E-state index contributed by atoms with van der Waals surface area (Å²) in [6.45, 7) is 0.546. The lowest BCUT2D eigenvalue weighted by molar-refractivity contribution is 0.126. The lowest BCUT2D eigenvalue weighted by Crippen LogP contribution is -2.23. The van der Waals surface area contributed by atoms with E-state index < -0.39 is 0 Å². The number of carbonyl (C=O) groups excluding carboxylic acids is 1. The molecule has 1 N–H and O–H groups in total. The Morgan fingerprint density at radius 1 is 1.67 bits per heavy atom.